The maximum Gasteiger partial charge on any atom is 0.267 e. The molecule has 7 heteroatoms. The standard InChI is InChI=1S/C24H27N3O4/c1-4-30-20-11-7-19(8-12-20)22-13-14-23(28)27(26-22)18(3)24(29)25-15-16-31-21-9-5-17(2)6-10-21/h5-14,18H,4,15-16H2,1-3H3,(H,25,29). The van der Waals surface area contributed by atoms with Gasteiger partial charge >= 0.3 is 0 Å². The fourth-order valence-corrected chi connectivity index (χ4v) is 2.98. The van der Waals surface area contributed by atoms with Gasteiger partial charge in [0.25, 0.3) is 5.56 Å². The summed E-state index contributed by atoms with van der Waals surface area (Å²) in [6, 6.07) is 17.4. The number of aromatic nitrogens is 2. The molecule has 0 saturated heterocycles. The molecule has 1 amide bonds. The Morgan fingerprint density at radius 2 is 1.65 bits per heavy atom. The number of nitrogens with one attached hydrogen (secondary N) is 1. The van der Waals surface area contributed by atoms with Gasteiger partial charge in [0.2, 0.25) is 5.91 Å². The summed E-state index contributed by atoms with van der Waals surface area (Å²) < 4.78 is 12.3. The Morgan fingerprint density at radius 3 is 2.32 bits per heavy atom. The first-order valence-electron chi connectivity index (χ1n) is 10.3. The summed E-state index contributed by atoms with van der Waals surface area (Å²) in [5.74, 6) is 1.21. The highest BCUT2D eigenvalue weighted by molar-refractivity contribution is 5.79. The van der Waals surface area contributed by atoms with E-state index in [-0.39, 0.29) is 11.5 Å². The third kappa shape index (κ3) is 5.94. The molecule has 3 rings (SSSR count). The van der Waals surface area contributed by atoms with Crippen LogP contribution >= 0.6 is 0 Å². The summed E-state index contributed by atoms with van der Waals surface area (Å²) in [4.78, 5) is 24.8. The molecule has 0 bridgehead atoms. The molecule has 31 heavy (non-hydrogen) atoms. The summed E-state index contributed by atoms with van der Waals surface area (Å²) in [5, 5.41) is 7.18. The van der Waals surface area contributed by atoms with Crippen molar-refractivity contribution in [2.45, 2.75) is 26.8 Å². The zero-order valence-electron chi connectivity index (χ0n) is 18.0. The molecule has 0 aliphatic rings. The molecule has 3 aromatic rings. The first kappa shape index (κ1) is 22.1. The van der Waals surface area contributed by atoms with Crippen LogP contribution in [0, 0.1) is 6.92 Å². The second-order valence-electron chi connectivity index (χ2n) is 7.09. The van der Waals surface area contributed by atoms with Crippen LogP contribution in [0.15, 0.2) is 65.5 Å². The van der Waals surface area contributed by atoms with Crippen molar-refractivity contribution >= 4 is 5.91 Å². The van der Waals surface area contributed by atoms with E-state index in [9.17, 15) is 9.59 Å². The van der Waals surface area contributed by atoms with Crippen LogP contribution in [0.5, 0.6) is 11.5 Å². The molecule has 7 nitrogen and oxygen atoms in total. The maximum atomic E-state index is 12.5. The number of hydrogen-bond donors (Lipinski definition) is 1. The van der Waals surface area contributed by atoms with Crippen LogP contribution in [0.1, 0.15) is 25.5 Å². The molecule has 1 heterocycles. The summed E-state index contributed by atoms with van der Waals surface area (Å²) in [5.41, 5.74) is 2.24. The van der Waals surface area contributed by atoms with Crippen LogP contribution < -0.4 is 20.3 Å². The molecular weight excluding hydrogens is 394 g/mol. The Kier molecular flexibility index (Phi) is 7.43. The summed E-state index contributed by atoms with van der Waals surface area (Å²) >= 11 is 0. The van der Waals surface area contributed by atoms with Crippen LogP contribution in [0.25, 0.3) is 11.3 Å². The number of carbonyl (C=O) groups excluding carboxylic acids is 1. The third-order valence-corrected chi connectivity index (χ3v) is 4.72. The van der Waals surface area contributed by atoms with Gasteiger partial charge in [-0.25, -0.2) is 4.68 Å². The van der Waals surface area contributed by atoms with Gasteiger partial charge in [0, 0.05) is 11.6 Å². The van der Waals surface area contributed by atoms with E-state index < -0.39 is 6.04 Å². The molecule has 0 saturated carbocycles. The highest BCUT2D eigenvalue weighted by atomic mass is 16.5. The van der Waals surface area contributed by atoms with Crippen molar-refractivity contribution in [2.75, 3.05) is 19.8 Å². The molecule has 1 atom stereocenters. The fraction of sp³-hybridized carbons (Fsp3) is 0.292. The predicted octanol–water partition coefficient (Wildman–Crippen LogP) is 3.37. The van der Waals surface area contributed by atoms with Crippen molar-refractivity contribution < 1.29 is 14.3 Å². The van der Waals surface area contributed by atoms with E-state index in [2.05, 4.69) is 10.4 Å². The molecule has 0 fully saturated rings. The number of amides is 1. The van der Waals surface area contributed by atoms with E-state index in [1.807, 2.05) is 62.4 Å². The lowest BCUT2D eigenvalue weighted by atomic mass is 10.1. The van der Waals surface area contributed by atoms with Crippen molar-refractivity contribution in [3.8, 4) is 22.8 Å². The molecular formula is C24H27N3O4. The van der Waals surface area contributed by atoms with Gasteiger partial charge in [0.05, 0.1) is 18.8 Å². The minimum Gasteiger partial charge on any atom is -0.494 e. The van der Waals surface area contributed by atoms with Crippen molar-refractivity contribution in [1.82, 2.24) is 15.1 Å². The van der Waals surface area contributed by atoms with Gasteiger partial charge in [0.15, 0.2) is 0 Å². The third-order valence-electron chi connectivity index (χ3n) is 4.72. The number of aryl methyl sites for hydroxylation is 1. The quantitative estimate of drug-likeness (QED) is 0.536. The SMILES string of the molecule is CCOc1ccc(-c2ccc(=O)n(C(C)C(=O)NCCOc3ccc(C)cc3)n2)cc1. The molecule has 0 aliphatic carbocycles. The van der Waals surface area contributed by atoms with Gasteiger partial charge < -0.3 is 14.8 Å². The number of ether oxygens (including phenoxy) is 2. The monoisotopic (exact) mass is 421 g/mol. The largest absolute Gasteiger partial charge is 0.494 e. The number of carbonyl (C=O) groups is 1. The Balaban J connectivity index is 1.61. The molecule has 1 unspecified atom stereocenters. The zero-order valence-corrected chi connectivity index (χ0v) is 18.0. The summed E-state index contributed by atoms with van der Waals surface area (Å²) in [7, 11) is 0. The topological polar surface area (TPSA) is 82.5 Å². The second kappa shape index (κ2) is 10.4. The summed E-state index contributed by atoms with van der Waals surface area (Å²) in [6.45, 7) is 6.82. The molecule has 1 N–H and O–H groups in total. The molecule has 0 radical (unpaired) electrons. The highest BCUT2D eigenvalue weighted by Gasteiger charge is 2.17. The van der Waals surface area contributed by atoms with Crippen LogP contribution in [0.3, 0.4) is 0 Å². The van der Waals surface area contributed by atoms with Crippen molar-refractivity contribution in [2.24, 2.45) is 0 Å². The van der Waals surface area contributed by atoms with Crippen LogP contribution in [0.4, 0.5) is 0 Å². The first-order chi connectivity index (χ1) is 15.0. The maximum absolute atomic E-state index is 12.5. The molecule has 0 spiro atoms. The average molecular weight is 421 g/mol. The minimum atomic E-state index is -0.755. The molecule has 2 aromatic carbocycles. The lowest BCUT2D eigenvalue weighted by molar-refractivity contribution is -0.124. The Labute approximate surface area is 181 Å². The van der Waals surface area contributed by atoms with E-state index >= 15 is 0 Å². The first-order valence-corrected chi connectivity index (χ1v) is 10.3. The second-order valence-corrected chi connectivity index (χ2v) is 7.09. The van der Waals surface area contributed by atoms with E-state index in [0.29, 0.717) is 25.5 Å². The number of benzene rings is 2. The van der Waals surface area contributed by atoms with E-state index in [4.69, 9.17) is 9.47 Å². The van der Waals surface area contributed by atoms with Gasteiger partial charge in [-0.15, -0.1) is 0 Å². The van der Waals surface area contributed by atoms with Crippen molar-refractivity contribution in [3.63, 3.8) is 0 Å². The predicted molar refractivity (Wildman–Crippen MR) is 119 cm³/mol. The lowest BCUT2D eigenvalue weighted by Gasteiger charge is -2.15. The van der Waals surface area contributed by atoms with Crippen molar-refractivity contribution in [3.05, 3.63) is 76.6 Å². The molecule has 162 valence electrons. The normalized spacial score (nSPS) is 11.6. The van der Waals surface area contributed by atoms with Crippen molar-refractivity contribution in [1.29, 1.82) is 0 Å². The van der Waals surface area contributed by atoms with Gasteiger partial charge in [-0.2, -0.15) is 5.10 Å². The lowest BCUT2D eigenvalue weighted by Crippen LogP contribution is -2.38. The van der Waals surface area contributed by atoms with Gasteiger partial charge in [-0.05, 0) is 63.2 Å². The molecule has 0 aliphatic heterocycles. The number of hydrogen-bond acceptors (Lipinski definition) is 5. The smallest absolute Gasteiger partial charge is 0.267 e. The highest BCUT2D eigenvalue weighted by Crippen LogP contribution is 2.20. The van der Waals surface area contributed by atoms with E-state index in [1.54, 1.807) is 13.0 Å². The minimum absolute atomic E-state index is 0.300. The Morgan fingerprint density at radius 1 is 1.00 bits per heavy atom. The number of rotatable bonds is 9. The van der Waals surface area contributed by atoms with Gasteiger partial charge in [-0.3, -0.25) is 9.59 Å². The number of nitrogens with zero attached hydrogens (tertiary/aromatic N) is 2. The fourth-order valence-electron chi connectivity index (χ4n) is 2.98. The summed E-state index contributed by atoms with van der Waals surface area (Å²) in [6.07, 6.45) is 0. The van der Waals surface area contributed by atoms with E-state index in [1.165, 1.54) is 10.7 Å². The zero-order chi connectivity index (χ0) is 22.2. The van der Waals surface area contributed by atoms with Crippen LogP contribution in [0.2, 0.25) is 0 Å². The Hall–Kier alpha value is -3.61. The van der Waals surface area contributed by atoms with Crippen LogP contribution in [-0.4, -0.2) is 35.4 Å². The van der Waals surface area contributed by atoms with E-state index in [0.717, 1.165) is 22.6 Å². The molecule has 1 aromatic heterocycles. The van der Waals surface area contributed by atoms with Crippen LogP contribution in [-0.2, 0) is 4.79 Å². The van der Waals surface area contributed by atoms with Gasteiger partial charge in [-0.1, -0.05) is 17.7 Å². The Bertz CT molecular complexity index is 1060. The average Bonchev–Trinajstić information content (AvgIpc) is 2.78. The van der Waals surface area contributed by atoms with Gasteiger partial charge in [0.1, 0.15) is 24.1 Å².